The first-order chi connectivity index (χ1) is 10.5. The maximum Gasteiger partial charge on any atom is 0.243 e. The van der Waals surface area contributed by atoms with Gasteiger partial charge in [0.2, 0.25) is 5.91 Å². The summed E-state index contributed by atoms with van der Waals surface area (Å²) in [6.45, 7) is 1.72. The van der Waals surface area contributed by atoms with Gasteiger partial charge in [-0.25, -0.2) is 0 Å². The highest BCUT2D eigenvalue weighted by molar-refractivity contribution is 6.35. The molecule has 1 amide bonds. The molecule has 2 rings (SSSR count). The Morgan fingerprint density at radius 2 is 1.91 bits per heavy atom. The highest BCUT2D eigenvalue weighted by Crippen LogP contribution is 2.25. The molecule has 0 aliphatic heterocycles. The Hall–Kier alpha value is -1.75. The first kappa shape index (κ1) is 16.6. The fraction of sp³-hybridized carbons (Fsp3) is 0.188. The van der Waals surface area contributed by atoms with Gasteiger partial charge >= 0.3 is 0 Å². The molecule has 0 aromatic heterocycles. The van der Waals surface area contributed by atoms with Crippen molar-refractivity contribution in [3.8, 4) is 0 Å². The fourth-order valence-corrected chi connectivity index (χ4v) is 2.32. The molecule has 116 valence electrons. The van der Waals surface area contributed by atoms with Crippen molar-refractivity contribution < 1.29 is 9.90 Å². The third-order valence-electron chi connectivity index (χ3n) is 3.05. The Balaban J connectivity index is 2.00. The number of rotatable bonds is 5. The van der Waals surface area contributed by atoms with Crippen molar-refractivity contribution in [3.63, 3.8) is 0 Å². The molecule has 6 heteroatoms. The summed E-state index contributed by atoms with van der Waals surface area (Å²) >= 11 is 11.9. The molecule has 22 heavy (non-hydrogen) atoms. The average molecular weight is 339 g/mol. The number of carbonyl (C=O) groups excluding carboxylic acids is 1. The summed E-state index contributed by atoms with van der Waals surface area (Å²) in [5.74, 6) is -0.260. The van der Waals surface area contributed by atoms with Gasteiger partial charge in [-0.2, -0.15) is 0 Å². The lowest BCUT2D eigenvalue weighted by atomic mass is 10.1. The topological polar surface area (TPSA) is 61.4 Å². The second-order valence-electron chi connectivity index (χ2n) is 4.79. The summed E-state index contributed by atoms with van der Waals surface area (Å²) in [4.78, 5) is 12.0. The smallest absolute Gasteiger partial charge is 0.243 e. The lowest BCUT2D eigenvalue weighted by Crippen LogP contribution is -2.22. The Morgan fingerprint density at radius 1 is 1.18 bits per heavy atom. The van der Waals surface area contributed by atoms with E-state index in [1.807, 2.05) is 18.2 Å². The van der Waals surface area contributed by atoms with Crippen molar-refractivity contribution in [3.05, 3.63) is 58.1 Å². The molecule has 0 bridgehead atoms. The van der Waals surface area contributed by atoms with E-state index in [0.29, 0.717) is 21.4 Å². The summed E-state index contributed by atoms with van der Waals surface area (Å²) < 4.78 is 0. The highest BCUT2D eigenvalue weighted by Gasteiger charge is 2.10. The summed E-state index contributed by atoms with van der Waals surface area (Å²) in [5.41, 5.74) is 1.91. The Bertz CT molecular complexity index is 675. The first-order valence-corrected chi connectivity index (χ1v) is 7.48. The van der Waals surface area contributed by atoms with Gasteiger partial charge in [-0.05, 0) is 31.2 Å². The van der Waals surface area contributed by atoms with E-state index in [9.17, 15) is 9.90 Å². The van der Waals surface area contributed by atoms with Crippen molar-refractivity contribution in [2.45, 2.75) is 13.0 Å². The molecule has 1 atom stereocenters. The standard InChI is InChI=1S/C16H16Cl2N2O2/c1-10(21)12-4-2-3-5-14(12)19-9-16(22)20-15-8-11(17)6-7-13(15)18/h2-8,10,19,21H,9H2,1H3,(H,20,22)/t10-/m1/s1. The molecule has 0 radical (unpaired) electrons. The van der Waals surface area contributed by atoms with Crippen LogP contribution in [0.4, 0.5) is 11.4 Å². The number of aliphatic hydroxyl groups excluding tert-OH is 1. The van der Waals surface area contributed by atoms with Crippen molar-refractivity contribution in [1.29, 1.82) is 0 Å². The number of amides is 1. The van der Waals surface area contributed by atoms with Crippen LogP contribution in [-0.2, 0) is 4.79 Å². The van der Waals surface area contributed by atoms with Crippen LogP contribution >= 0.6 is 23.2 Å². The molecule has 0 unspecified atom stereocenters. The Kier molecular flexibility index (Phi) is 5.66. The normalized spacial score (nSPS) is 11.8. The zero-order valence-corrected chi connectivity index (χ0v) is 13.4. The minimum atomic E-state index is -0.617. The molecule has 0 saturated carbocycles. The second kappa shape index (κ2) is 7.49. The van der Waals surface area contributed by atoms with Crippen molar-refractivity contribution in [2.75, 3.05) is 17.2 Å². The fourth-order valence-electron chi connectivity index (χ4n) is 1.99. The molecule has 0 fully saturated rings. The van der Waals surface area contributed by atoms with Gasteiger partial charge in [0.15, 0.2) is 0 Å². The van der Waals surface area contributed by atoms with Crippen molar-refractivity contribution >= 4 is 40.5 Å². The number of para-hydroxylation sites is 1. The van der Waals surface area contributed by atoms with Crippen LogP contribution in [-0.4, -0.2) is 17.6 Å². The number of carbonyl (C=O) groups is 1. The zero-order valence-electron chi connectivity index (χ0n) is 11.9. The van der Waals surface area contributed by atoms with E-state index < -0.39 is 6.10 Å². The molecule has 3 N–H and O–H groups in total. The molecule has 0 aliphatic carbocycles. The van der Waals surface area contributed by atoms with Gasteiger partial charge in [0.05, 0.1) is 23.4 Å². The number of nitrogens with one attached hydrogen (secondary N) is 2. The van der Waals surface area contributed by atoms with E-state index >= 15 is 0 Å². The molecule has 2 aromatic rings. The van der Waals surface area contributed by atoms with Crippen LogP contribution in [0.15, 0.2) is 42.5 Å². The molecule has 4 nitrogen and oxygen atoms in total. The predicted molar refractivity (Wildman–Crippen MR) is 90.7 cm³/mol. The van der Waals surface area contributed by atoms with E-state index in [2.05, 4.69) is 10.6 Å². The van der Waals surface area contributed by atoms with Gasteiger partial charge in [0, 0.05) is 16.3 Å². The van der Waals surface area contributed by atoms with Crippen LogP contribution in [0.25, 0.3) is 0 Å². The van der Waals surface area contributed by atoms with Gasteiger partial charge in [-0.15, -0.1) is 0 Å². The number of aliphatic hydroxyl groups is 1. The second-order valence-corrected chi connectivity index (χ2v) is 5.63. The quantitative estimate of drug-likeness (QED) is 0.769. The van der Waals surface area contributed by atoms with E-state index in [1.54, 1.807) is 31.2 Å². The number of halogens is 2. The summed E-state index contributed by atoms with van der Waals surface area (Å²) in [5, 5.41) is 16.3. The maximum absolute atomic E-state index is 12.0. The minimum absolute atomic E-state index is 0.0482. The van der Waals surface area contributed by atoms with E-state index in [1.165, 1.54) is 0 Å². The van der Waals surface area contributed by atoms with E-state index in [-0.39, 0.29) is 12.5 Å². The number of hydrogen-bond donors (Lipinski definition) is 3. The van der Waals surface area contributed by atoms with Crippen molar-refractivity contribution in [1.82, 2.24) is 0 Å². The summed E-state index contributed by atoms with van der Waals surface area (Å²) in [6, 6.07) is 12.1. The predicted octanol–water partition coefficient (Wildman–Crippen LogP) is 4.10. The summed E-state index contributed by atoms with van der Waals surface area (Å²) in [7, 11) is 0. The first-order valence-electron chi connectivity index (χ1n) is 6.73. The molecule has 0 heterocycles. The lowest BCUT2D eigenvalue weighted by Gasteiger charge is -2.14. The molecule has 0 saturated heterocycles. The van der Waals surface area contributed by atoms with Crippen LogP contribution in [0.3, 0.4) is 0 Å². The molecule has 0 spiro atoms. The monoisotopic (exact) mass is 338 g/mol. The van der Waals surface area contributed by atoms with Crippen LogP contribution in [0.2, 0.25) is 10.0 Å². The third-order valence-corrected chi connectivity index (χ3v) is 3.62. The Morgan fingerprint density at radius 3 is 2.64 bits per heavy atom. The Labute approximate surface area is 139 Å². The lowest BCUT2D eigenvalue weighted by molar-refractivity contribution is -0.114. The minimum Gasteiger partial charge on any atom is -0.389 e. The SMILES string of the molecule is C[C@@H](O)c1ccccc1NCC(=O)Nc1cc(Cl)ccc1Cl. The molecular weight excluding hydrogens is 323 g/mol. The number of anilines is 2. The zero-order chi connectivity index (χ0) is 16.1. The van der Waals surface area contributed by atoms with E-state index in [4.69, 9.17) is 23.2 Å². The maximum atomic E-state index is 12.0. The molecule has 0 aliphatic rings. The van der Waals surface area contributed by atoms with Crippen LogP contribution in [0.5, 0.6) is 0 Å². The van der Waals surface area contributed by atoms with Crippen LogP contribution in [0, 0.1) is 0 Å². The van der Waals surface area contributed by atoms with Gasteiger partial charge in [0.1, 0.15) is 0 Å². The largest absolute Gasteiger partial charge is 0.389 e. The number of hydrogen-bond acceptors (Lipinski definition) is 3. The number of benzene rings is 2. The van der Waals surface area contributed by atoms with Crippen molar-refractivity contribution in [2.24, 2.45) is 0 Å². The van der Waals surface area contributed by atoms with Gasteiger partial charge in [0.25, 0.3) is 0 Å². The van der Waals surface area contributed by atoms with Gasteiger partial charge in [-0.1, -0.05) is 41.4 Å². The van der Waals surface area contributed by atoms with E-state index in [0.717, 1.165) is 5.56 Å². The molecular formula is C16H16Cl2N2O2. The van der Waals surface area contributed by atoms with Gasteiger partial charge < -0.3 is 15.7 Å². The van der Waals surface area contributed by atoms with Crippen LogP contribution in [0.1, 0.15) is 18.6 Å². The van der Waals surface area contributed by atoms with Gasteiger partial charge in [-0.3, -0.25) is 4.79 Å². The highest BCUT2D eigenvalue weighted by atomic mass is 35.5. The van der Waals surface area contributed by atoms with Crippen LogP contribution < -0.4 is 10.6 Å². The average Bonchev–Trinajstić information content (AvgIpc) is 2.49. The third kappa shape index (κ3) is 4.37. The molecule has 2 aromatic carbocycles. The summed E-state index contributed by atoms with van der Waals surface area (Å²) in [6.07, 6.45) is -0.617.